The van der Waals surface area contributed by atoms with E-state index in [1.54, 1.807) is 6.07 Å². The molecule has 0 aliphatic carbocycles. The molecule has 0 aromatic heterocycles. The molecule has 0 atom stereocenters. The molecule has 2 rings (SSSR count). The van der Waals surface area contributed by atoms with Crippen LogP contribution in [0.2, 0.25) is 5.02 Å². The number of piperazine rings is 1. The molecule has 1 aromatic rings. The van der Waals surface area contributed by atoms with E-state index >= 15 is 0 Å². The van der Waals surface area contributed by atoms with Crippen LogP contribution in [-0.4, -0.2) is 67.9 Å². The Balaban J connectivity index is 1.76. The Morgan fingerprint density at radius 1 is 1.25 bits per heavy atom. The Hall–Kier alpha value is -2.14. The first-order valence-corrected chi connectivity index (χ1v) is 8.07. The average Bonchev–Trinajstić information content (AvgIpc) is 2.58. The highest BCUT2D eigenvalue weighted by molar-refractivity contribution is 6.39. The molecule has 2 N–H and O–H groups in total. The molecular weight excluding hydrogens is 330 g/mol. The number of likely N-dealkylation sites (N-methyl/N-ethyl adjacent to an activating group) is 1. The lowest BCUT2D eigenvalue weighted by molar-refractivity contribution is -0.136. The van der Waals surface area contributed by atoms with Crippen LogP contribution in [0.4, 0.5) is 5.69 Å². The van der Waals surface area contributed by atoms with Crippen LogP contribution >= 0.6 is 11.6 Å². The fourth-order valence-corrected chi connectivity index (χ4v) is 2.52. The lowest BCUT2D eigenvalue weighted by Gasteiger charge is -2.32. The number of anilines is 1. The maximum absolute atomic E-state index is 11.9. The standard InChI is InChI=1S/C16H20ClN5O2/c1-21-6-8-22(9-7-21)5-4-19-15(23)16(24)20-13-2-3-14(17)12(10-13)11-18/h2-3,10H,4-9H2,1H3,(H,19,23)(H,20,24). The summed E-state index contributed by atoms with van der Waals surface area (Å²) >= 11 is 5.82. The molecule has 128 valence electrons. The molecule has 2 amide bonds. The Morgan fingerprint density at radius 3 is 2.62 bits per heavy atom. The highest BCUT2D eigenvalue weighted by atomic mass is 35.5. The molecule has 0 radical (unpaired) electrons. The largest absolute Gasteiger partial charge is 0.347 e. The van der Waals surface area contributed by atoms with E-state index in [0.29, 0.717) is 23.8 Å². The van der Waals surface area contributed by atoms with E-state index in [9.17, 15) is 9.59 Å². The summed E-state index contributed by atoms with van der Waals surface area (Å²) in [7, 11) is 2.08. The van der Waals surface area contributed by atoms with Gasteiger partial charge in [0.15, 0.2) is 0 Å². The predicted octanol–water partition coefficient (Wildman–Crippen LogP) is 0.514. The van der Waals surface area contributed by atoms with E-state index in [1.807, 2.05) is 6.07 Å². The van der Waals surface area contributed by atoms with E-state index in [0.717, 1.165) is 26.2 Å². The van der Waals surface area contributed by atoms with Crippen molar-refractivity contribution >= 4 is 29.1 Å². The van der Waals surface area contributed by atoms with Crippen molar-refractivity contribution in [3.8, 4) is 6.07 Å². The first-order valence-electron chi connectivity index (χ1n) is 7.69. The zero-order valence-corrected chi connectivity index (χ0v) is 14.3. The van der Waals surface area contributed by atoms with E-state index in [-0.39, 0.29) is 5.56 Å². The first-order chi connectivity index (χ1) is 11.5. The minimum absolute atomic E-state index is 0.241. The summed E-state index contributed by atoms with van der Waals surface area (Å²) in [5.41, 5.74) is 0.597. The van der Waals surface area contributed by atoms with Crippen LogP contribution in [0, 0.1) is 11.3 Å². The summed E-state index contributed by atoms with van der Waals surface area (Å²) in [5.74, 6) is -1.46. The van der Waals surface area contributed by atoms with Crippen molar-refractivity contribution in [1.82, 2.24) is 15.1 Å². The van der Waals surface area contributed by atoms with Crippen molar-refractivity contribution in [2.45, 2.75) is 0 Å². The van der Waals surface area contributed by atoms with Gasteiger partial charge in [0.2, 0.25) is 0 Å². The Kier molecular flexibility index (Phi) is 6.55. The van der Waals surface area contributed by atoms with Crippen LogP contribution < -0.4 is 10.6 Å². The third kappa shape index (κ3) is 5.20. The smallest absolute Gasteiger partial charge is 0.313 e. The van der Waals surface area contributed by atoms with E-state index in [1.165, 1.54) is 12.1 Å². The zero-order chi connectivity index (χ0) is 17.5. The summed E-state index contributed by atoms with van der Waals surface area (Å²) in [6.07, 6.45) is 0. The molecule has 0 unspecified atom stereocenters. The molecule has 0 bridgehead atoms. The van der Waals surface area contributed by atoms with Gasteiger partial charge in [-0.1, -0.05) is 11.6 Å². The number of hydrogen-bond donors (Lipinski definition) is 2. The van der Waals surface area contributed by atoms with E-state index < -0.39 is 11.8 Å². The van der Waals surface area contributed by atoms with Gasteiger partial charge in [-0.2, -0.15) is 5.26 Å². The van der Waals surface area contributed by atoms with Gasteiger partial charge in [0.1, 0.15) is 6.07 Å². The average molecular weight is 350 g/mol. The van der Waals surface area contributed by atoms with Crippen LogP contribution in [0.1, 0.15) is 5.56 Å². The summed E-state index contributed by atoms with van der Waals surface area (Å²) in [6, 6.07) is 6.39. The molecule has 0 saturated carbocycles. The normalized spacial score (nSPS) is 15.5. The van der Waals surface area contributed by atoms with Gasteiger partial charge in [-0.25, -0.2) is 0 Å². The van der Waals surface area contributed by atoms with Crippen LogP contribution in [0.5, 0.6) is 0 Å². The number of hydrogen-bond acceptors (Lipinski definition) is 5. The molecule has 1 heterocycles. The Morgan fingerprint density at radius 2 is 1.96 bits per heavy atom. The maximum atomic E-state index is 11.9. The number of benzene rings is 1. The number of nitrogens with zero attached hydrogens (tertiary/aromatic N) is 3. The third-order valence-corrected chi connectivity index (χ3v) is 4.19. The topological polar surface area (TPSA) is 88.5 Å². The molecule has 1 aliphatic rings. The number of halogens is 1. The van der Waals surface area contributed by atoms with Crippen LogP contribution in [0.3, 0.4) is 0 Å². The highest BCUT2D eigenvalue weighted by Gasteiger charge is 2.16. The first kappa shape index (κ1) is 18.2. The van der Waals surface area contributed by atoms with Crippen molar-refractivity contribution in [2.75, 3.05) is 51.6 Å². The van der Waals surface area contributed by atoms with Gasteiger partial charge in [-0.05, 0) is 25.2 Å². The molecular formula is C16H20ClN5O2. The maximum Gasteiger partial charge on any atom is 0.313 e. The molecule has 1 fully saturated rings. The molecule has 1 aromatic carbocycles. The number of carbonyl (C=O) groups excluding carboxylic acids is 2. The zero-order valence-electron chi connectivity index (χ0n) is 13.5. The van der Waals surface area contributed by atoms with Gasteiger partial charge >= 0.3 is 11.8 Å². The Bertz CT molecular complexity index is 650. The fourth-order valence-electron chi connectivity index (χ4n) is 2.36. The summed E-state index contributed by atoms with van der Waals surface area (Å²) in [4.78, 5) is 28.2. The van der Waals surface area contributed by atoms with Gasteiger partial charge in [0.25, 0.3) is 0 Å². The second kappa shape index (κ2) is 8.64. The van der Waals surface area contributed by atoms with Crippen LogP contribution in [-0.2, 0) is 9.59 Å². The minimum atomic E-state index is -0.764. The molecule has 24 heavy (non-hydrogen) atoms. The molecule has 0 spiro atoms. The Labute approximate surface area is 146 Å². The van der Waals surface area contributed by atoms with Crippen molar-refractivity contribution in [1.29, 1.82) is 5.26 Å². The van der Waals surface area contributed by atoms with Crippen molar-refractivity contribution in [3.05, 3.63) is 28.8 Å². The summed E-state index contributed by atoms with van der Waals surface area (Å²) in [6.45, 7) is 5.06. The summed E-state index contributed by atoms with van der Waals surface area (Å²) in [5, 5.41) is 14.3. The predicted molar refractivity (Wildman–Crippen MR) is 91.7 cm³/mol. The van der Waals surface area contributed by atoms with Gasteiger partial charge in [-0.15, -0.1) is 0 Å². The highest BCUT2D eigenvalue weighted by Crippen LogP contribution is 2.19. The van der Waals surface area contributed by atoms with E-state index in [4.69, 9.17) is 16.9 Å². The van der Waals surface area contributed by atoms with Crippen molar-refractivity contribution in [2.24, 2.45) is 0 Å². The number of rotatable bonds is 4. The molecule has 1 saturated heterocycles. The second-order valence-electron chi connectivity index (χ2n) is 5.66. The van der Waals surface area contributed by atoms with Crippen LogP contribution in [0.15, 0.2) is 18.2 Å². The summed E-state index contributed by atoms with van der Waals surface area (Å²) < 4.78 is 0. The SMILES string of the molecule is CN1CCN(CCNC(=O)C(=O)Nc2ccc(Cl)c(C#N)c2)CC1. The van der Waals surface area contributed by atoms with Crippen molar-refractivity contribution in [3.63, 3.8) is 0 Å². The lowest BCUT2D eigenvalue weighted by atomic mass is 10.2. The molecule has 8 heteroatoms. The van der Waals surface area contributed by atoms with Gasteiger partial charge in [0, 0.05) is 45.0 Å². The van der Waals surface area contributed by atoms with Crippen LogP contribution in [0.25, 0.3) is 0 Å². The van der Waals surface area contributed by atoms with Gasteiger partial charge in [0.05, 0.1) is 10.6 Å². The van der Waals surface area contributed by atoms with Crippen molar-refractivity contribution < 1.29 is 9.59 Å². The van der Waals surface area contributed by atoms with E-state index in [2.05, 4.69) is 27.5 Å². The number of amides is 2. The number of carbonyl (C=O) groups is 2. The quantitative estimate of drug-likeness (QED) is 0.773. The minimum Gasteiger partial charge on any atom is -0.347 e. The third-order valence-electron chi connectivity index (χ3n) is 3.86. The number of nitrogens with one attached hydrogen (secondary N) is 2. The number of nitriles is 1. The van der Waals surface area contributed by atoms with Gasteiger partial charge in [-0.3, -0.25) is 14.5 Å². The monoisotopic (exact) mass is 349 g/mol. The molecule has 1 aliphatic heterocycles. The van der Waals surface area contributed by atoms with Gasteiger partial charge < -0.3 is 15.5 Å². The molecule has 7 nitrogen and oxygen atoms in total. The second-order valence-corrected chi connectivity index (χ2v) is 6.07. The lowest BCUT2D eigenvalue weighted by Crippen LogP contribution is -2.47. The fraction of sp³-hybridized carbons (Fsp3) is 0.438.